The number of ether oxygens (including phenoxy) is 2. The number of nitrogens with zero attached hydrogens (tertiary/aromatic N) is 1. The van der Waals surface area contributed by atoms with E-state index < -0.39 is 12.0 Å². The van der Waals surface area contributed by atoms with Crippen LogP contribution in [0.3, 0.4) is 0 Å². The van der Waals surface area contributed by atoms with Gasteiger partial charge in [0, 0.05) is 30.4 Å². The van der Waals surface area contributed by atoms with E-state index in [1.54, 1.807) is 18.2 Å². The molecule has 134 valence electrons. The number of esters is 1. The number of morpholine rings is 1. The van der Waals surface area contributed by atoms with Gasteiger partial charge in [-0.25, -0.2) is 9.59 Å². The quantitative estimate of drug-likeness (QED) is 0.789. The lowest BCUT2D eigenvalue weighted by Crippen LogP contribution is -2.49. The van der Waals surface area contributed by atoms with Crippen molar-refractivity contribution in [2.75, 3.05) is 40.0 Å². The first-order valence-corrected chi connectivity index (χ1v) is 8.41. The fourth-order valence-corrected chi connectivity index (χ4v) is 3.26. The number of methoxy groups -OCH3 is 1. The fraction of sp³-hybridized carbons (Fsp3) is 0.412. The molecular formula is C17H20ClN3O4. The van der Waals surface area contributed by atoms with Gasteiger partial charge in [-0.15, -0.1) is 0 Å². The molecule has 1 atom stereocenters. The number of hydrogen-bond donors (Lipinski definition) is 2. The van der Waals surface area contributed by atoms with Gasteiger partial charge < -0.3 is 20.1 Å². The molecule has 25 heavy (non-hydrogen) atoms. The van der Waals surface area contributed by atoms with E-state index in [4.69, 9.17) is 21.1 Å². The summed E-state index contributed by atoms with van der Waals surface area (Å²) < 4.78 is 10.3. The molecule has 0 spiro atoms. The first kappa shape index (κ1) is 17.7. The van der Waals surface area contributed by atoms with Crippen molar-refractivity contribution in [1.82, 2.24) is 15.5 Å². The monoisotopic (exact) mass is 365 g/mol. The minimum atomic E-state index is -0.661. The number of hydrogen-bond acceptors (Lipinski definition) is 5. The molecule has 7 nitrogen and oxygen atoms in total. The number of carbonyl (C=O) groups excluding carboxylic acids is 2. The number of halogens is 1. The number of rotatable bonds is 4. The predicted octanol–water partition coefficient (Wildman–Crippen LogP) is 1.45. The summed E-state index contributed by atoms with van der Waals surface area (Å²) in [6.07, 6.45) is 0. The molecule has 2 aliphatic rings. The van der Waals surface area contributed by atoms with Crippen LogP contribution in [0.25, 0.3) is 0 Å². The normalized spacial score (nSPS) is 21.5. The molecule has 1 unspecified atom stereocenters. The Morgan fingerprint density at radius 1 is 1.36 bits per heavy atom. The van der Waals surface area contributed by atoms with Crippen LogP contribution >= 0.6 is 11.6 Å². The van der Waals surface area contributed by atoms with Gasteiger partial charge in [0.1, 0.15) is 0 Å². The van der Waals surface area contributed by atoms with Crippen LogP contribution in [-0.4, -0.2) is 56.9 Å². The van der Waals surface area contributed by atoms with Crippen molar-refractivity contribution in [1.29, 1.82) is 0 Å². The second kappa shape index (κ2) is 7.86. The molecular weight excluding hydrogens is 346 g/mol. The molecule has 1 saturated heterocycles. The maximum atomic E-state index is 12.5. The van der Waals surface area contributed by atoms with Crippen molar-refractivity contribution in [2.24, 2.45) is 0 Å². The number of urea groups is 1. The summed E-state index contributed by atoms with van der Waals surface area (Å²) in [5.74, 6) is -0.499. The molecule has 0 radical (unpaired) electrons. The largest absolute Gasteiger partial charge is 0.466 e. The van der Waals surface area contributed by atoms with Crippen molar-refractivity contribution in [3.63, 3.8) is 0 Å². The molecule has 1 aromatic rings. The SMILES string of the molecule is COC(=O)C1=C(CN2CCOCC2)NC(=O)NC1c1ccccc1Cl. The van der Waals surface area contributed by atoms with Gasteiger partial charge >= 0.3 is 12.0 Å². The zero-order valence-electron chi connectivity index (χ0n) is 13.9. The maximum absolute atomic E-state index is 12.5. The molecule has 1 fully saturated rings. The summed E-state index contributed by atoms with van der Waals surface area (Å²) >= 11 is 6.28. The molecule has 2 heterocycles. The minimum Gasteiger partial charge on any atom is -0.466 e. The minimum absolute atomic E-state index is 0.363. The lowest BCUT2D eigenvalue weighted by molar-refractivity contribution is -0.136. The van der Waals surface area contributed by atoms with E-state index in [1.807, 2.05) is 6.07 Å². The van der Waals surface area contributed by atoms with E-state index in [1.165, 1.54) is 7.11 Å². The molecule has 0 aliphatic carbocycles. The van der Waals surface area contributed by atoms with E-state index in [0.29, 0.717) is 41.6 Å². The third-order valence-electron chi connectivity index (χ3n) is 4.26. The van der Waals surface area contributed by atoms with Gasteiger partial charge in [-0.3, -0.25) is 4.90 Å². The zero-order valence-corrected chi connectivity index (χ0v) is 14.6. The van der Waals surface area contributed by atoms with E-state index in [2.05, 4.69) is 15.5 Å². The van der Waals surface area contributed by atoms with Gasteiger partial charge in [-0.05, 0) is 11.6 Å². The van der Waals surface area contributed by atoms with E-state index in [-0.39, 0.29) is 6.03 Å². The Morgan fingerprint density at radius 3 is 2.76 bits per heavy atom. The third-order valence-corrected chi connectivity index (χ3v) is 4.60. The van der Waals surface area contributed by atoms with Crippen molar-refractivity contribution in [3.8, 4) is 0 Å². The summed E-state index contributed by atoms with van der Waals surface area (Å²) in [4.78, 5) is 26.8. The van der Waals surface area contributed by atoms with Gasteiger partial charge in [0.05, 0.1) is 31.9 Å². The Labute approximate surface area is 150 Å². The Morgan fingerprint density at radius 2 is 2.08 bits per heavy atom. The fourth-order valence-electron chi connectivity index (χ4n) is 3.02. The third kappa shape index (κ3) is 3.95. The number of benzene rings is 1. The highest BCUT2D eigenvalue weighted by Gasteiger charge is 2.35. The van der Waals surface area contributed by atoms with Crippen molar-refractivity contribution < 1.29 is 19.1 Å². The molecule has 0 saturated carbocycles. The Hall–Kier alpha value is -2.09. The topological polar surface area (TPSA) is 79.9 Å². The lowest BCUT2D eigenvalue weighted by Gasteiger charge is -2.33. The van der Waals surface area contributed by atoms with E-state index in [9.17, 15) is 9.59 Å². The summed E-state index contributed by atoms with van der Waals surface area (Å²) in [6, 6.07) is 6.08. The van der Waals surface area contributed by atoms with Crippen LogP contribution in [0.1, 0.15) is 11.6 Å². The molecule has 0 aromatic heterocycles. The second-order valence-electron chi connectivity index (χ2n) is 5.83. The molecule has 2 N–H and O–H groups in total. The molecule has 3 rings (SSSR count). The van der Waals surface area contributed by atoms with Gasteiger partial charge in [0.25, 0.3) is 0 Å². The highest BCUT2D eigenvalue weighted by atomic mass is 35.5. The Balaban J connectivity index is 2.00. The Kier molecular flexibility index (Phi) is 5.57. The first-order valence-electron chi connectivity index (χ1n) is 8.03. The first-order chi connectivity index (χ1) is 12.1. The molecule has 2 aliphatic heterocycles. The summed E-state index contributed by atoms with van der Waals surface area (Å²) in [5, 5.41) is 5.99. The summed E-state index contributed by atoms with van der Waals surface area (Å²) in [6.45, 7) is 3.15. The summed E-state index contributed by atoms with van der Waals surface area (Å²) in [5.41, 5.74) is 1.54. The van der Waals surface area contributed by atoms with Crippen LogP contribution < -0.4 is 10.6 Å². The lowest BCUT2D eigenvalue weighted by atomic mass is 9.95. The van der Waals surface area contributed by atoms with Crippen LogP contribution in [0.4, 0.5) is 4.79 Å². The van der Waals surface area contributed by atoms with Crippen molar-refractivity contribution in [3.05, 3.63) is 46.1 Å². The van der Waals surface area contributed by atoms with Gasteiger partial charge in [-0.2, -0.15) is 0 Å². The van der Waals surface area contributed by atoms with Crippen LogP contribution in [0.2, 0.25) is 5.02 Å². The highest BCUT2D eigenvalue weighted by Crippen LogP contribution is 2.32. The molecule has 1 aromatic carbocycles. The molecule has 0 bridgehead atoms. The van der Waals surface area contributed by atoms with Gasteiger partial charge in [0.15, 0.2) is 0 Å². The predicted molar refractivity (Wildman–Crippen MR) is 92.2 cm³/mol. The standard InChI is InChI=1S/C17H20ClN3O4/c1-24-16(22)14-13(10-21-6-8-25-9-7-21)19-17(23)20-15(14)11-4-2-3-5-12(11)18/h2-5,15H,6-10H2,1H3,(H2,19,20,23). The average Bonchev–Trinajstić information content (AvgIpc) is 2.62. The average molecular weight is 366 g/mol. The second-order valence-corrected chi connectivity index (χ2v) is 6.23. The van der Waals surface area contributed by atoms with Crippen LogP contribution in [0, 0.1) is 0 Å². The molecule has 8 heteroatoms. The maximum Gasteiger partial charge on any atom is 0.338 e. The van der Waals surface area contributed by atoms with Crippen LogP contribution in [0.5, 0.6) is 0 Å². The number of nitrogens with one attached hydrogen (secondary N) is 2. The number of amides is 2. The van der Waals surface area contributed by atoms with Gasteiger partial charge in [-0.1, -0.05) is 29.8 Å². The van der Waals surface area contributed by atoms with Crippen molar-refractivity contribution >= 4 is 23.6 Å². The molecule has 2 amide bonds. The van der Waals surface area contributed by atoms with Crippen LogP contribution in [-0.2, 0) is 14.3 Å². The highest BCUT2D eigenvalue weighted by molar-refractivity contribution is 6.31. The zero-order chi connectivity index (χ0) is 17.8. The number of carbonyl (C=O) groups is 2. The Bertz CT molecular complexity index is 701. The van der Waals surface area contributed by atoms with Crippen molar-refractivity contribution in [2.45, 2.75) is 6.04 Å². The van der Waals surface area contributed by atoms with Crippen LogP contribution in [0.15, 0.2) is 35.5 Å². The van der Waals surface area contributed by atoms with E-state index >= 15 is 0 Å². The summed E-state index contributed by atoms with van der Waals surface area (Å²) in [7, 11) is 1.32. The van der Waals surface area contributed by atoms with E-state index in [0.717, 1.165) is 13.1 Å². The smallest absolute Gasteiger partial charge is 0.338 e. The van der Waals surface area contributed by atoms with Gasteiger partial charge in [0.2, 0.25) is 0 Å².